The van der Waals surface area contributed by atoms with Gasteiger partial charge in [-0.1, -0.05) is 0 Å². The van der Waals surface area contributed by atoms with Crippen molar-refractivity contribution in [3.8, 4) is 0 Å². The molecule has 76 valence electrons. The number of hydrogen-bond acceptors (Lipinski definition) is 0. The molecule has 3 heteroatoms. The quantitative estimate of drug-likeness (QED) is 0.475. The van der Waals surface area contributed by atoms with Gasteiger partial charge in [-0.2, -0.15) is 0 Å². The molecule has 0 aliphatic heterocycles. The Labute approximate surface area is 106 Å². The molecule has 0 radical (unpaired) electrons. The molecule has 1 aliphatic carbocycles. The maximum absolute atomic E-state index is 2.32. The van der Waals surface area contributed by atoms with E-state index >= 15 is 0 Å². The van der Waals surface area contributed by atoms with Crippen molar-refractivity contribution in [3.63, 3.8) is 0 Å². The second-order valence-corrected chi connectivity index (χ2v) is 7.72. The summed E-state index contributed by atoms with van der Waals surface area (Å²) in [5, 5.41) is 0. The Morgan fingerprint density at radius 3 is 1.75 bits per heavy atom. The van der Waals surface area contributed by atoms with E-state index in [0.717, 1.165) is 2.08 Å². The SMILES string of the molecule is C[C](C)(C)[Er+2][CH]1C=CC=C1.[Cl-].[Cl-]. The molecule has 0 unspecified atom stereocenters. The molecule has 1 aliphatic rings. The van der Waals surface area contributed by atoms with Crippen molar-refractivity contribution in [1.82, 2.24) is 0 Å². The number of rotatable bonds is 1. The van der Waals surface area contributed by atoms with Gasteiger partial charge in [-0.3, -0.25) is 0 Å². The van der Waals surface area contributed by atoms with Gasteiger partial charge in [0.2, 0.25) is 0 Å². The molecule has 0 bridgehead atoms. The first-order valence-corrected chi connectivity index (χ1v) is 5.47. The molecule has 12 heavy (non-hydrogen) atoms. The van der Waals surface area contributed by atoms with Crippen molar-refractivity contribution in [1.29, 1.82) is 0 Å². The standard InChI is InChI=1S/C5H5.C4H9.2ClH.Er/c1-2-4-5-3-1;1-4(2)3;;;/h1-5H;1-3H3;2*1H;/q;;;;+2/p-2. The van der Waals surface area contributed by atoms with Gasteiger partial charge in [0.15, 0.2) is 0 Å². The molecular formula is C9H14Cl2Er. The van der Waals surface area contributed by atoms with Gasteiger partial charge in [-0.25, -0.2) is 0 Å². The van der Waals surface area contributed by atoms with E-state index in [1.807, 2.05) is 0 Å². The first-order chi connectivity index (χ1) is 4.58. The van der Waals surface area contributed by atoms with E-state index in [-0.39, 0.29) is 24.8 Å². The van der Waals surface area contributed by atoms with Gasteiger partial charge in [0, 0.05) is 0 Å². The topological polar surface area (TPSA) is 0 Å². The molecule has 0 N–H and O–H groups in total. The third-order valence-electron chi connectivity index (χ3n) is 1.01. The van der Waals surface area contributed by atoms with Crippen LogP contribution in [0.4, 0.5) is 0 Å². The van der Waals surface area contributed by atoms with E-state index in [1.54, 1.807) is 0 Å². The minimum absolute atomic E-state index is 0. The van der Waals surface area contributed by atoms with Crippen LogP contribution in [0.1, 0.15) is 20.8 Å². The monoisotopic (exact) mass is 358 g/mol. The Balaban J connectivity index is 0. The zero-order chi connectivity index (χ0) is 7.61. The first-order valence-electron chi connectivity index (χ1n) is 3.48. The predicted octanol–water partition coefficient (Wildman–Crippen LogP) is -2.79. The summed E-state index contributed by atoms with van der Waals surface area (Å²) in [5.74, 6) is 0. The van der Waals surface area contributed by atoms with Crippen LogP contribution in [0.2, 0.25) is 3.65 Å². The zero-order valence-corrected chi connectivity index (χ0v) is 10.8. The van der Waals surface area contributed by atoms with Crippen LogP contribution in [-0.4, -0.2) is 0 Å². The van der Waals surface area contributed by atoms with Crippen molar-refractivity contribution in [3.05, 3.63) is 24.3 Å². The Morgan fingerprint density at radius 2 is 1.42 bits per heavy atom. The summed E-state index contributed by atoms with van der Waals surface area (Å²) in [6, 6.07) is 0. The van der Waals surface area contributed by atoms with Gasteiger partial charge in [-0.15, -0.1) is 0 Å². The van der Waals surface area contributed by atoms with Gasteiger partial charge < -0.3 is 24.8 Å². The summed E-state index contributed by atoms with van der Waals surface area (Å²) in [7, 11) is 0. The molecule has 0 aromatic carbocycles. The van der Waals surface area contributed by atoms with Gasteiger partial charge in [0.05, 0.1) is 0 Å². The minimum Gasteiger partial charge on any atom is -1.00 e. The van der Waals surface area contributed by atoms with Crippen LogP contribution in [0, 0.1) is 33.4 Å². The summed E-state index contributed by atoms with van der Waals surface area (Å²) in [4.78, 5) is 0. The number of allylic oxidation sites excluding steroid dienone is 4. The maximum Gasteiger partial charge on any atom is -1.00 e. The molecule has 0 spiro atoms. The number of hydrogen-bond donors (Lipinski definition) is 0. The average molecular weight is 360 g/mol. The molecule has 0 heterocycles. The third-order valence-corrected chi connectivity index (χ3v) is 3.95. The fourth-order valence-corrected chi connectivity index (χ4v) is 3.35. The van der Waals surface area contributed by atoms with Gasteiger partial charge >= 0.3 is 82.2 Å². The van der Waals surface area contributed by atoms with Crippen molar-refractivity contribution in [2.24, 2.45) is 0 Å². The summed E-state index contributed by atoms with van der Waals surface area (Å²) in [6.07, 6.45) is 8.92. The van der Waals surface area contributed by atoms with Crippen molar-refractivity contribution >= 4 is 0 Å². The van der Waals surface area contributed by atoms with Crippen LogP contribution in [0.25, 0.3) is 0 Å². The summed E-state index contributed by atoms with van der Waals surface area (Å²) >= 11 is 0.537. The van der Waals surface area contributed by atoms with Crippen LogP contribution in [0.5, 0.6) is 0 Å². The fraction of sp³-hybridized carbons (Fsp3) is 0.556. The predicted molar refractivity (Wildman–Crippen MR) is 41.7 cm³/mol. The Kier molecular flexibility index (Phi) is 8.82. The average Bonchev–Trinajstić information content (AvgIpc) is 2.12. The Bertz CT molecular complexity index is 156. The van der Waals surface area contributed by atoms with Crippen LogP contribution >= 0.6 is 0 Å². The minimum atomic E-state index is 0. The Hall–Kier alpha value is 1.31. The van der Waals surface area contributed by atoms with E-state index in [9.17, 15) is 0 Å². The molecule has 0 saturated heterocycles. The molecule has 0 aromatic rings. The second-order valence-electron chi connectivity index (χ2n) is 3.17. The fourth-order valence-electron chi connectivity index (χ4n) is 0.729. The third kappa shape index (κ3) is 6.78. The number of halogens is 2. The van der Waals surface area contributed by atoms with E-state index in [2.05, 4.69) is 45.1 Å². The van der Waals surface area contributed by atoms with Gasteiger partial charge in [0.25, 0.3) is 0 Å². The second kappa shape index (κ2) is 6.72. The maximum atomic E-state index is 2.32. The molecule has 0 saturated carbocycles. The zero-order valence-electron chi connectivity index (χ0n) is 7.43. The molecule has 0 amide bonds. The van der Waals surface area contributed by atoms with E-state index in [0.29, 0.717) is 35.0 Å². The summed E-state index contributed by atoms with van der Waals surface area (Å²) in [6.45, 7) is 6.97. The summed E-state index contributed by atoms with van der Waals surface area (Å²) < 4.78 is 1.32. The Morgan fingerprint density at radius 1 is 1.00 bits per heavy atom. The van der Waals surface area contributed by atoms with Crippen molar-refractivity contribution in [2.75, 3.05) is 0 Å². The van der Waals surface area contributed by atoms with E-state index in [4.69, 9.17) is 0 Å². The molecule has 0 fully saturated rings. The molecular weight excluding hydrogens is 346 g/mol. The molecule has 1 rings (SSSR count). The largest absolute Gasteiger partial charge is 1.00 e. The van der Waals surface area contributed by atoms with Crippen molar-refractivity contribution < 1.29 is 58.3 Å². The van der Waals surface area contributed by atoms with Crippen LogP contribution in [0.15, 0.2) is 24.3 Å². The van der Waals surface area contributed by atoms with Crippen molar-refractivity contribution in [2.45, 2.75) is 24.4 Å². The van der Waals surface area contributed by atoms with Crippen LogP contribution in [-0.2, 0) is 0 Å². The first kappa shape index (κ1) is 15.8. The van der Waals surface area contributed by atoms with Crippen LogP contribution in [0.3, 0.4) is 0 Å². The summed E-state index contributed by atoms with van der Waals surface area (Å²) in [5.41, 5.74) is 0. The molecule has 0 nitrogen and oxygen atoms in total. The molecule has 0 atom stereocenters. The van der Waals surface area contributed by atoms with Crippen LogP contribution < -0.4 is 24.8 Å². The van der Waals surface area contributed by atoms with Gasteiger partial charge in [-0.05, 0) is 0 Å². The normalized spacial score (nSPS) is 15.9. The molecule has 0 aromatic heterocycles. The van der Waals surface area contributed by atoms with Gasteiger partial charge in [0.1, 0.15) is 0 Å². The smallest absolute Gasteiger partial charge is 1.00 e. The van der Waals surface area contributed by atoms with E-state index in [1.165, 1.54) is 0 Å². The van der Waals surface area contributed by atoms with E-state index < -0.39 is 0 Å².